The fourth-order valence-corrected chi connectivity index (χ4v) is 2.80. The zero-order valence-corrected chi connectivity index (χ0v) is 12.8. The summed E-state index contributed by atoms with van der Waals surface area (Å²) in [5.41, 5.74) is 1.90. The normalized spacial score (nSPS) is 15.0. The van der Waals surface area contributed by atoms with Crippen molar-refractivity contribution in [2.45, 2.75) is 45.6 Å². The highest BCUT2D eigenvalue weighted by molar-refractivity contribution is 5.88. The highest BCUT2D eigenvalue weighted by Gasteiger charge is 2.17. The van der Waals surface area contributed by atoms with Gasteiger partial charge in [0.1, 0.15) is 12.1 Å². The van der Waals surface area contributed by atoms with Crippen molar-refractivity contribution in [1.29, 1.82) is 0 Å². The first-order valence-electron chi connectivity index (χ1n) is 7.55. The van der Waals surface area contributed by atoms with Crippen LogP contribution in [0.25, 0.3) is 5.82 Å². The predicted octanol–water partition coefficient (Wildman–Crippen LogP) is 2.34. The first-order valence-corrected chi connectivity index (χ1v) is 7.55. The van der Waals surface area contributed by atoms with Gasteiger partial charge in [0.2, 0.25) is 0 Å². The Morgan fingerprint density at radius 1 is 1.23 bits per heavy atom. The second-order valence-electron chi connectivity index (χ2n) is 5.68. The number of carbonyl (C=O) groups is 1. The molecule has 1 aliphatic rings. The lowest BCUT2D eigenvalue weighted by Gasteiger charge is -2.12. The summed E-state index contributed by atoms with van der Waals surface area (Å²) in [6, 6.07) is 3.75. The van der Waals surface area contributed by atoms with E-state index in [1.807, 2.05) is 19.9 Å². The molecular weight excluding hydrogens is 280 g/mol. The Balaban J connectivity index is 1.71. The Kier molecular flexibility index (Phi) is 4.04. The molecule has 0 aliphatic heterocycles. The van der Waals surface area contributed by atoms with Crippen LogP contribution >= 0.6 is 0 Å². The van der Waals surface area contributed by atoms with Crippen LogP contribution in [-0.2, 0) is 0 Å². The van der Waals surface area contributed by atoms with Crippen molar-refractivity contribution in [2.24, 2.45) is 0 Å². The standard InChI is InChI=1S/C15H20N6O/c1-10-7-11(2)21(20-10)14-8-13(16-9-17-14)19-15(22)18-12-5-3-4-6-12/h7-9,12H,3-6H2,1-2H3,(H2,16,17,18,19,22). The van der Waals surface area contributed by atoms with E-state index >= 15 is 0 Å². The minimum Gasteiger partial charge on any atom is -0.335 e. The number of carbonyl (C=O) groups excluding carboxylic acids is 1. The molecule has 0 saturated heterocycles. The molecule has 2 aromatic rings. The van der Waals surface area contributed by atoms with Crippen LogP contribution in [0.5, 0.6) is 0 Å². The number of anilines is 1. The maximum atomic E-state index is 12.0. The van der Waals surface area contributed by atoms with Crippen molar-refractivity contribution in [2.75, 3.05) is 5.32 Å². The van der Waals surface area contributed by atoms with E-state index in [9.17, 15) is 4.79 Å². The van der Waals surface area contributed by atoms with Crippen LogP contribution in [0.3, 0.4) is 0 Å². The maximum absolute atomic E-state index is 12.0. The van der Waals surface area contributed by atoms with Gasteiger partial charge in [0.15, 0.2) is 5.82 Å². The van der Waals surface area contributed by atoms with Gasteiger partial charge in [0.25, 0.3) is 0 Å². The number of hydrogen-bond donors (Lipinski definition) is 2. The van der Waals surface area contributed by atoms with E-state index in [1.165, 1.54) is 19.2 Å². The summed E-state index contributed by atoms with van der Waals surface area (Å²) in [7, 11) is 0. The third-order valence-corrected chi connectivity index (χ3v) is 3.81. The molecule has 7 heteroatoms. The average Bonchev–Trinajstić information content (AvgIpc) is 3.08. The molecule has 0 bridgehead atoms. The van der Waals surface area contributed by atoms with E-state index in [0.717, 1.165) is 24.2 Å². The lowest BCUT2D eigenvalue weighted by atomic mass is 10.2. The lowest BCUT2D eigenvalue weighted by Crippen LogP contribution is -2.36. The summed E-state index contributed by atoms with van der Waals surface area (Å²) in [6.45, 7) is 3.89. The third-order valence-electron chi connectivity index (χ3n) is 3.81. The molecule has 1 fully saturated rings. The third kappa shape index (κ3) is 3.24. The fraction of sp³-hybridized carbons (Fsp3) is 0.467. The fourth-order valence-electron chi connectivity index (χ4n) is 2.80. The Hall–Kier alpha value is -2.44. The van der Waals surface area contributed by atoms with Gasteiger partial charge in [-0.25, -0.2) is 19.4 Å². The number of rotatable bonds is 3. The van der Waals surface area contributed by atoms with Gasteiger partial charge in [-0.15, -0.1) is 0 Å². The van der Waals surface area contributed by atoms with E-state index in [4.69, 9.17) is 0 Å². The molecule has 0 atom stereocenters. The largest absolute Gasteiger partial charge is 0.335 e. The number of amides is 2. The summed E-state index contributed by atoms with van der Waals surface area (Å²) in [4.78, 5) is 20.3. The van der Waals surface area contributed by atoms with E-state index < -0.39 is 0 Å². The summed E-state index contributed by atoms with van der Waals surface area (Å²) in [6.07, 6.45) is 5.89. The van der Waals surface area contributed by atoms with E-state index in [0.29, 0.717) is 11.6 Å². The van der Waals surface area contributed by atoms with Crippen LogP contribution in [-0.4, -0.2) is 31.8 Å². The molecule has 7 nitrogen and oxygen atoms in total. The minimum atomic E-state index is -0.218. The molecule has 2 amide bonds. The van der Waals surface area contributed by atoms with Crippen molar-refractivity contribution >= 4 is 11.8 Å². The van der Waals surface area contributed by atoms with Gasteiger partial charge in [-0.05, 0) is 32.8 Å². The van der Waals surface area contributed by atoms with E-state index in [2.05, 4.69) is 25.7 Å². The highest BCUT2D eigenvalue weighted by Crippen LogP contribution is 2.18. The van der Waals surface area contributed by atoms with Crippen LogP contribution in [0.15, 0.2) is 18.5 Å². The number of aromatic nitrogens is 4. The Bertz CT molecular complexity index is 674. The Morgan fingerprint density at radius 2 is 2.00 bits per heavy atom. The van der Waals surface area contributed by atoms with Crippen molar-refractivity contribution in [3.63, 3.8) is 0 Å². The van der Waals surface area contributed by atoms with E-state index in [1.54, 1.807) is 10.7 Å². The number of hydrogen-bond acceptors (Lipinski definition) is 4. The second-order valence-corrected chi connectivity index (χ2v) is 5.68. The van der Waals surface area contributed by atoms with Crippen molar-refractivity contribution in [3.05, 3.63) is 29.8 Å². The van der Waals surface area contributed by atoms with Crippen LogP contribution < -0.4 is 10.6 Å². The molecule has 2 N–H and O–H groups in total. The van der Waals surface area contributed by atoms with Gasteiger partial charge in [-0.3, -0.25) is 5.32 Å². The SMILES string of the molecule is Cc1cc(C)n(-c2cc(NC(=O)NC3CCCC3)ncn2)n1. The number of nitrogens with one attached hydrogen (secondary N) is 2. The zero-order valence-electron chi connectivity index (χ0n) is 12.8. The van der Waals surface area contributed by atoms with Crippen LogP contribution in [0.2, 0.25) is 0 Å². The molecule has 3 rings (SSSR count). The molecular formula is C15H20N6O. The maximum Gasteiger partial charge on any atom is 0.320 e. The molecule has 0 spiro atoms. The summed E-state index contributed by atoms with van der Waals surface area (Å²) < 4.78 is 1.73. The topological polar surface area (TPSA) is 84.7 Å². The molecule has 116 valence electrons. The lowest BCUT2D eigenvalue weighted by molar-refractivity contribution is 0.248. The van der Waals surface area contributed by atoms with Gasteiger partial charge in [-0.2, -0.15) is 5.10 Å². The van der Waals surface area contributed by atoms with Gasteiger partial charge in [0, 0.05) is 17.8 Å². The number of aryl methyl sites for hydroxylation is 2. The molecule has 0 aromatic carbocycles. The van der Waals surface area contributed by atoms with Crippen molar-refractivity contribution in [3.8, 4) is 5.82 Å². The van der Waals surface area contributed by atoms with Gasteiger partial charge >= 0.3 is 6.03 Å². The Labute approximate surface area is 129 Å². The first-order chi connectivity index (χ1) is 10.6. The average molecular weight is 300 g/mol. The predicted molar refractivity (Wildman–Crippen MR) is 83.0 cm³/mol. The second kappa shape index (κ2) is 6.13. The first kappa shape index (κ1) is 14.5. The van der Waals surface area contributed by atoms with E-state index in [-0.39, 0.29) is 12.1 Å². The van der Waals surface area contributed by atoms with Gasteiger partial charge in [0.05, 0.1) is 5.69 Å². The monoisotopic (exact) mass is 300 g/mol. The summed E-state index contributed by atoms with van der Waals surface area (Å²) in [5.74, 6) is 1.10. The molecule has 22 heavy (non-hydrogen) atoms. The highest BCUT2D eigenvalue weighted by atomic mass is 16.2. The molecule has 2 heterocycles. The van der Waals surface area contributed by atoms with Crippen LogP contribution in [0, 0.1) is 13.8 Å². The number of nitrogens with zero attached hydrogens (tertiary/aromatic N) is 4. The molecule has 2 aromatic heterocycles. The van der Waals surface area contributed by atoms with Crippen LogP contribution in [0.1, 0.15) is 37.1 Å². The Morgan fingerprint density at radius 3 is 2.68 bits per heavy atom. The molecule has 1 saturated carbocycles. The van der Waals surface area contributed by atoms with Crippen molar-refractivity contribution in [1.82, 2.24) is 25.1 Å². The smallest absolute Gasteiger partial charge is 0.320 e. The molecule has 0 unspecified atom stereocenters. The zero-order chi connectivity index (χ0) is 15.5. The molecule has 1 aliphatic carbocycles. The number of urea groups is 1. The summed E-state index contributed by atoms with van der Waals surface area (Å²) in [5, 5.41) is 10.1. The van der Waals surface area contributed by atoms with Gasteiger partial charge in [-0.1, -0.05) is 12.8 Å². The summed E-state index contributed by atoms with van der Waals surface area (Å²) >= 11 is 0. The van der Waals surface area contributed by atoms with Gasteiger partial charge < -0.3 is 5.32 Å². The molecule has 0 radical (unpaired) electrons. The van der Waals surface area contributed by atoms with Crippen molar-refractivity contribution < 1.29 is 4.79 Å². The minimum absolute atomic E-state index is 0.218. The van der Waals surface area contributed by atoms with Crippen LogP contribution in [0.4, 0.5) is 10.6 Å². The quantitative estimate of drug-likeness (QED) is 0.911.